The van der Waals surface area contributed by atoms with Gasteiger partial charge < -0.3 is 9.88 Å². The normalized spacial score (nSPS) is 12.5. The second-order valence-electron chi connectivity index (χ2n) is 7.71. The third-order valence-corrected chi connectivity index (χ3v) is 5.56. The molecule has 0 unspecified atom stereocenters. The van der Waals surface area contributed by atoms with Gasteiger partial charge in [0, 0.05) is 12.2 Å². The third-order valence-electron chi connectivity index (χ3n) is 4.89. The Kier molecular flexibility index (Phi) is 6.47. The number of thioether (sulfide) groups is 1. The molecule has 0 aliphatic heterocycles. The minimum absolute atomic E-state index is 0.0870. The molecule has 0 saturated heterocycles. The molecule has 0 fully saturated rings. The Morgan fingerprint density at radius 3 is 2.48 bits per heavy atom. The smallest absolute Gasteiger partial charge is 0.278 e. The molecule has 3 rings (SSSR count). The van der Waals surface area contributed by atoms with Crippen molar-refractivity contribution in [2.75, 3.05) is 6.26 Å². The number of nitrogens with zero attached hydrogens (tertiary/aromatic N) is 3. The number of fused-ring (bicyclic) bond motifs is 1. The van der Waals surface area contributed by atoms with Gasteiger partial charge in [-0.3, -0.25) is 14.2 Å². The number of aryl methyl sites for hydroxylation is 1. The van der Waals surface area contributed by atoms with Crippen LogP contribution in [0, 0.1) is 12.8 Å². The van der Waals surface area contributed by atoms with Gasteiger partial charge >= 0.3 is 0 Å². The average molecular weight is 413 g/mol. The average Bonchev–Trinajstić information content (AvgIpc) is 2.99. The van der Waals surface area contributed by atoms with Gasteiger partial charge in [0.1, 0.15) is 12.1 Å². The molecule has 1 atom stereocenters. The number of rotatable bonds is 7. The molecule has 29 heavy (non-hydrogen) atoms. The summed E-state index contributed by atoms with van der Waals surface area (Å²) in [6.45, 7) is 8.69. The van der Waals surface area contributed by atoms with E-state index in [1.54, 1.807) is 9.13 Å². The number of hydrogen-bond donors (Lipinski definition) is 1. The molecule has 2 heterocycles. The Bertz CT molecular complexity index is 1070. The third kappa shape index (κ3) is 4.56. The molecule has 1 amide bonds. The van der Waals surface area contributed by atoms with E-state index in [9.17, 15) is 9.59 Å². The fourth-order valence-corrected chi connectivity index (χ4v) is 4.06. The molecular weight excluding hydrogens is 384 g/mol. The first-order chi connectivity index (χ1) is 13.8. The van der Waals surface area contributed by atoms with Gasteiger partial charge in [-0.1, -0.05) is 55.9 Å². The van der Waals surface area contributed by atoms with Crippen LogP contribution in [0.25, 0.3) is 11.0 Å². The quantitative estimate of drug-likeness (QED) is 0.474. The molecule has 0 spiro atoms. The largest absolute Gasteiger partial charge is 0.348 e. The first-order valence-corrected chi connectivity index (χ1v) is 11.0. The first-order valence-electron chi connectivity index (χ1n) is 9.80. The zero-order valence-corrected chi connectivity index (χ0v) is 18.4. The standard InChI is InChI=1S/C22H28N4O2S/c1-14(2)12-26-21(28)20-18(24-22(26)29-5)11-15(3)25(20)13-19(27)23-16(4)17-9-7-6-8-10-17/h6-11,14,16H,12-13H2,1-5H3,(H,23,27)/t16-/m1/s1. The maximum Gasteiger partial charge on any atom is 0.278 e. The summed E-state index contributed by atoms with van der Waals surface area (Å²) < 4.78 is 3.50. The number of benzene rings is 1. The van der Waals surface area contributed by atoms with E-state index in [0.29, 0.717) is 28.7 Å². The van der Waals surface area contributed by atoms with Crippen LogP contribution in [0.5, 0.6) is 0 Å². The van der Waals surface area contributed by atoms with Gasteiger partial charge in [-0.15, -0.1) is 0 Å². The number of amides is 1. The van der Waals surface area contributed by atoms with E-state index < -0.39 is 0 Å². The summed E-state index contributed by atoms with van der Waals surface area (Å²) in [4.78, 5) is 30.7. The fraction of sp³-hybridized carbons (Fsp3) is 0.409. The van der Waals surface area contributed by atoms with Gasteiger partial charge in [0.05, 0.1) is 11.6 Å². The van der Waals surface area contributed by atoms with Crippen molar-refractivity contribution in [3.63, 3.8) is 0 Å². The van der Waals surface area contributed by atoms with Crippen molar-refractivity contribution in [2.24, 2.45) is 5.92 Å². The van der Waals surface area contributed by atoms with Crippen LogP contribution in [-0.4, -0.2) is 26.3 Å². The van der Waals surface area contributed by atoms with E-state index in [4.69, 9.17) is 0 Å². The molecule has 0 aliphatic rings. The summed E-state index contributed by atoms with van der Waals surface area (Å²) in [7, 11) is 0. The van der Waals surface area contributed by atoms with Crippen molar-refractivity contribution >= 4 is 28.7 Å². The lowest BCUT2D eigenvalue weighted by Crippen LogP contribution is -2.32. The Hall–Kier alpha value is -2.54. The maximum atomic E-state index is 13.3. The van der Waals surface area contributed by atoms with E-state index in [-0.39, 0.29) is 24.1 Å². The van der Waals surface area contributed by atoms with Crippen molar-refractivity contribution in [3.05, 3.63) is 58.0 Å². The van der Waals surface area contributed by atoms with Crippen molar-refractivity contribution in [3.8, 4) is 0 Å². The van der Waals surface area contributed by atoms with Gasteiger partial charge in [-0.2, -0.15) is 0 Å². The minimum Gasteiger partial charge on any atom is -0.348 e. The predicted molar refractivity (Wildman–Crippen MR) is 118 cm³/mol. The molecule has 154 valence electrons. The van der Waals surface area contributed by atoms with E-state index in [1.165, 1.54) is 11.8 Å². The highest BCUT2D eigenvalue weighted by Crippen LogP contribution is 2.20. The molecule has 7 heteroatoms. The van der Waals surface area contributed by atoms with E-state index >= 15 is 0 Å². The van der Waals surface area contributed by atoms with Crippen LogP contribution in [0.15, 0.2) is 46.3 Å². The number of nitrogens with one attached hydrogen (secondary N) is 1. The second-order valence-corrected chi connectivity index (χ2v) is 8.49. The Balaban J connectivity index is 1.94. The molecule has 1 aromatic carbocycles. The van der Waals surface area contributed by atoms with Crippen LogP contribution in [0.1, 0.15) is 38.1 Å². The number of aromatic nitrogens is 3. The highest BCUT2D eigenvalue weighted by atomic mass is 32.2. The summed E-state index contributed by atoms with van der Waals surface area (Å²) in [6.07, 6.45) is 1.92. The van der Waals surface area contributed by atoms with Crippen molar-refractivity contribution < 1.29 is 4.79 Å². The van der Waals surface area contributed by atoms with Crippen LogP contribution in [0.2, 0.25) is 0 Å². The second kappa shape index (κ2) is 8.86. The number of hydrogen-bond acceptors (Lipinski definition) is 4. The highest BCUT2D eigenvalue weighted by Gasteiger charge is 2.19. The lowest BCUT2D eigenvalue weighted by Gasteiger charge is -2.16. The first kappa shape index (κ1) is 21.2. The van der Waals surface area contributed by atoms with Crippen LogP contribution in [0.3, 0.4) is 0 Å². The van der Waals surface area contributed by atoms with Gasteiger partial charge in [-0.05, 0) is 37.7 Å². The predicted octanol–water partition coefficient (Wildman–Crippen LogP) is 3.76. The Morgan fingerprint density at radius 1 is 1.17 bits per heavy atom. The molecule has 0 bridgehead atoms. The number of carbonyl (C=O) groups is 1. The van der Waals surface area contributed by atoms with Gasteiger partial charge in [0.2, 0.25) is 5.91 Å². The molecule has 2 aromatic heterocycles. The monoisotopic (exact) mass is 412 g/mol. The Morgan fingerprint density at radius 2 is 1.86 bits per heavy atom. The van der Waals surface area contributed by atoms with Crippen molar-refractivity contribution in [1.29, 1.82) is 0 Å². The van der Waals surface area contributed by atoms with E-state index in [0.717, 1.165) is 11.3 Å². The summed E-state index contributed by atoms with van der Waals surface area (Å²) >= 11 is 1.46. The minimum atomic E-state index is -0.134. The highest BCUT2D eigenvalue weighted by molar-refractivity contribution is 7.98. The van der Waals surface area contributed by atoms with Crippen LogP contribution < -0.4 is 10.9 Å². The molecule has 1 N–H and O–H groups in total. The van der Waals surface area contributed by atoms with Gasteiger partial charge in [-0.25, -0.2) is 4.98 Å². The molecule has 0 aliphatic carbocycles. The van der Waals surface area contributed by atoms with Gasteiger partial charge in [0.25, 0.3) is 5.56 Å². The van der Waals surface area contributed by atoms with Crippen molar-refractivity contribution in [2.45, 2.75) is 52.0 Å². The van der Waals surface area contributed by atoms with E-state index in [1.807, 2.05) is 56.5 Å². The Labute approximate surface area is 175 Å². The lowest BCUT2D eigenvalue weighted by atomic mass is 10.1. The molecule has 3 aromatic rings. The van der Waals surface area contributed by atoms with Crippen LogP contribution >= 0.6 is 11.8 Å². The molecular formula is C22H28N4O2S. The molecule has 6 nitrogen and oxygen atoms in total. The summed E-state index contributed by atoms with van der Waals surface area (Å²) in [5.41, 5.74) is 2.93. The zero-order chi connectivity index (χ0) is 21.1. The van der Waals surface area contributed by atoms with Gasteiger partial charge in [0.15, 0.2) is 5.16 Å². The summed E-state index contributed by atoms with van der Waals surface area (Å²) in [5.74, 6) is 0.183. The summed E-state index contributed by atoms with van der Waals surface area (Å²) in [6, 6.07) is 11.6. The topological polar surface area (TPSA) is 68.9 Å². The lowest BCUT2D eigenvalue weighted by molar-refractivity contribution is -0.122. The number of carbonyl (C=O) groups excluding carboxylic acids is 1. The van der Waals surface area contributed by atoms with E-state index in [2.05, 4.69) is 24.1 Å². The maximum absolute atomic E-state index is 13.3. The fourth-order valence-electron chi connectivity index (χ4n) is 3.49. The summed E-state index contributed by atoms with van der Waals surface area (Å²) in [5, 5.41) is 3.73. The van der Waals surface area contributed by atoms with Crippen LogP contribution in [-0.2, 0) is 17.9 Å². The zero-order valence-electron chi connectivity index (χ0n) is 17.6. The van der Waals surface area contributed by atoms with Crippen molar-refractivity contribution in [1.82, 2.24) is 19.4 Å². The molecule has 0 saturated carbocycles. The SMILES string of the molecule is CSc1nc2cc(C)n(CC(=O)N[C@H](C)c3ccccc3)c2c(=O)n1CC(C)C. The van der Waals surface area contributed by atoms with Crippen LogP contribution in [0.4, 0.5) is 0 Å². The molecule has 0 radical (unpaired) electrons.